The molecule has 1 aliphatic heterocycles. The number of anilines is 1. The number of nitro groups is 1. The first kappa shape index (κ1) is 14.1. The van der Waals surface area contributed by atoms with Crippen LogP contribution in [-0.4, -0.2) is 27.3 Å². The average Bonchev–Trinajstić information content (AvgIpc) is 2.53. The molecule has 1 amide bonds. The Balaban J connectivity index is 2.01. The lowest BCUT2D eigenvalue weighted by atomic mass is 9.99. The van der Waals surface area contributed by atoms with Crippen molar-refractivity contribution in [1.82, 2.24) is 9.97 Å². The van der Waals surface area contributed by atoms with Crippen LogP contribution in [0.25, 0.3) is 0 Å². The summed E-state index contributed by atoms with van der Waals surface area (Å²) in [7, 11) is 0. The van der Waals surface area contributed by atoms with E-state index in [2.05, 4.69) is 9.97 Å². The van der Waals surface area contributed by atoms with E-state index in [1.807, 2.05) is 0 Å². The van der Waals surface area contributed by atoms with E-state index in [-0.39, 0.29) is 17.3 Å². The quantitative estimate of drug-likeness (QED) is 0.627. The highest BCUT2D eigenvalue weighted by Gasteiger charge is 2.29. The van der Waals surface area contributed by atoms with Crippen LogP contribution in [0.2, 0.25) is 0 Å². The molecule has 1 aliphatic rings. The van der Waals surface area contributed by atoms with Crippen molar-refractivity contribution in [3.05, 3.63) is 57.7 Å². The van der Waals surface area contributed by atoms with Crippen molar-refractivity contribution in [2.45, 2.75) is 19.8 Å². The highest BCUT2D eigenvalue weighted by molar-refractivity contribution is 6.05. The molecular formula is C15H14N4O3. The number of carbonyl (C=O) groups is 1. The Hall–Kier alpha value is -2.83. The smallest absolute Gasteiger partial charge is 0.278 e. The van der Waals surface area contributed by atoms with Crippen molar-refractivity contribution in [3.8, 4) is 0 Å². The zero-order valence-corrected chi connectivity index (χ0v) is 12.0. The van der Waals surface area contributed by atoms with Gasteiger partial charge in [0.25, 0.3) is 11.6 Å². The second-order valence-electron chi connectivity index (χ2n) is 5.14. The number of aryl methyl sites for hydroxylation is 1. The van der Waals surface area contributed by atoms with Crippen LogP contribution in [0.15, 0.2) is 30.6 Å². The fourth-order valence-corrected chi connectivity index (χ4v) is 2.63. The summed E-state index contributed by atoms with van der Waals surface area (Å²) in [6.07, 6.45) is 4.24. The van der Waals surface area contributed by atoms with Gasteiger partial charge in [0.1, 0.15) is 5.69 Å². The van der Waals surface area contributed by atoms with Gasteiger partial charge in [0, 0.05) is 18.8 Å². The average molecular weight is 298 g/mol. The third kappa shape index (κ3) is 2.41. The molecule has 0 unspecified atom stereocenters. The molecule has 7 heteroatoms. The summed E-state index contributed by atoms with van der Waals surface area (Å²) >= 11 is 0. The molecule has 0 saturated heterocycles. The number of fused-ring (bicyclic) bond motifs is 1. The monoisotopic (exact) mass is 298 g/mol. The largest absolute Gasteiger partial charge is 0.306 e. The number of nitro benzene ring substituents is 1. The summed E-state index contributed by atoms with van der Waals surface area (Å²) in [5.41, 5.74) is 2.22. The molecule has 1 aromatic carbocycles. The molecule has 0 spiro atoms. The maximum Gasteiger partial charge on any atom is 0.278 e. The molecule has 2 heterocycles. The first-order valence-corrected chi connectivity index (χ1v) is 6.94. The standard InChI is InChI=1S/C15H14N4O3/c1-10-8-17-12(9-16-10)15(20)18-7-3-4-11-13(18)5-2-6-14(11)19(21)22/h2,5-6,8-9H,3-4,7H2,1H3. The zero-order valence-electron chi connectivity index (χ0n) is 12.0. The second kappa shape index (κ2) is 5.51. The Morgan fingerprint density at radius 1 is 1.32 bits per heavy atom. The molecule has 0 saturated carbocycles. The molecule has 0 aliphatic carbocycles. The number of hydrogen-bond acceptors (Lipinski definition) is 5. The molecule has 22 heavy (non-hydrogen) atoms. The van der Waals surface area contributed by atoms with Gasteiger partial charge >= 0.3 is 0 Å². The van der Waals surface area contributed by atoms with Gasteiger partial charge in [-0.25, -0.2) is 4.98 Å². The summed E-state index contributed by atoms with van der Waals surface area (Å²) in [6, 6.07) is 4.81. The third-order valence-corrected chi connectivity index (χ3v) is 3.67. The zero-order chi connectivity index (χ0) is 15.7. The van der Waals surface area contributed by atoms with Crippen LogP contribution in [0.5, 0.6) is 0 Å². The number of carbonyl (C=O) groups excluding carboxylic acids is 1. The first-order chi connectivity index (χ1) is 10.6. The summed E-state index contributed by atoms with van der Waals surface area (Å²) in [5.74, 6) is -0.283. The van der Waals surface area contributed by atoms with E-state index in [0.717, 1.165) is 5.69 Å². The Bertz CT molecular complexity index is 743. The van der Waals surface area contributed by atoms with Gasteiger partial charge in [0.2, 0.25) is 0 Å². The lowest BCUT2D eigenvalue weighted by Gasteiger charge is -2.28. The summed E-state index contributed by atoms with van der Waals surface area (Å²) in [4.78, 5) is 33.1. The lowest BCUT2D eigenvalue weighted by molar-refractivity contribution is -0.385. The van der Waals surface area contributed by atoms with E-state index in [1.54, 1.807) is 24.0 Å². The lowest BCUT2D eigenvalue weighted by Crippen LogP contribution is -2.36. The molecule has 2 aromatic rings. The van der Waals surface area contributed by atoms with E-state index in [0.29, 0.717) is 30.6 Å². The Labute approximate surface area is 126 Å². The van der Waals surface area contributed by atoms with Crippen LogP contribution in [0.1, 0.15) is 28.2 Å². The van der Waals surface area contributed by atoms with E-state index in [1.165, 1.54) is 18.5 Å². The molecule has 1 aromatic heterocycles. The maximum atomic E-state index is 12.6. The molecule has 0 radical (unpaired) electrons. The van der Waals surface area contributed by atoms with Gasteiger partial charge in [0.15, 0.2) is 0 Å². The van der Waals surface area contributed by atoms with E-state index in [9.17, 15) is 14.9 Å². The van der Waals surface area contributed by atoms with Gasteiger partial charge in [0.05, 0.1) is 28.1 Å². The van der Waals surface area contributed by atoms with Crippen molar-refractivity contribution >= 4 is 17.3 Å². The molecule has 7 nitrogen and oxygen atoms in total. The highest BCUT2D eigenvalue weighted by Crippen LogP contribution is 2.34. The fraction of sp³-hybridized carbons (Fsp3) is 0.267. The molecule has 0 fully saturated rings. The summed E-state index contributed by atoms with van der Waals surface area (Å²) in [5, 5.41) is 11.1. The minimum Gasteiger partial charge on any atom is -0.306 e. The van der Waals surface area contributed by atoms with Crippen LogP contribution in [0, 0.1) is 17.0 Å². The minimum absolute atomic E-state index is 0.0602. The fourth-order valence-electron chi connectivity index (χ4n) is 2.63. The topological polar surface area (TPSA) is 89.2 Å². The number of benzene rings is 1. The van der Waals surface area contributed by atoms with Gasteiger partial charge in [-0.2, -0.15) is 0 Å². The Morgan fingerprint density at radius 3 is 2.82 bits per heavy atom. The minimum atomic E-state index is -0.404. The number of amides is 1. The predicted molar refractivity (Wildman–Crippen MR) is 79.9 cm³/mol. The van der Waals surface area contributed by atoms with Crippen molar-refractivity contribution in [2.24, 2.45) is 0 Å². The molecule has 112 valence electrons. The van der Waals surface area contributed by atoms with Gasteiger partial charge in [-0.15, -0.1) is 0 Å². The van der Waals surface area contributed by atoms with Crippen molar-refractivity contribution in [1.29, 1.82) is 0 Å². The Kier molecular flexibility index (Phi) is 3.54. The van der Waals surface area contributed by atoms with Gasteiger partial charge in [-0.3, -0.25) is 19.9 Å². The number of hydrogen-bond donors (Lipinski definition) is 0. The van der Waals surface area contributed by atoms with Crippen LogP contribution >= 0.6 is 0 Å². The second-order valence-corrected chi connectivity index (χ2v) is 5.14. The maximum absolute atomic E-state index is 12.6. The van der Waals surface area contributed by atoms with Crippen LogP contribution in [-0.2, 0) is 6.42 Å². The number of aromatic nitrogens is 2. The predicted octanol–water partition coefficient (Wildman–Crippen LogP) is 2.29. The summed E-state index contributed by atoms with van der Waals surface area (Å²) < 4.78 is 0. The molecule has 3 rings (SSSR count). The van der Waals surface area contributed by atoms with Crippen molar-refractivity contribution in [3.63, 3.8) is 0 Å². The number of rotatable bonds is 2. The number of nitrogens with zero attached hydrogens (tertiary/aromatic N) is 4. The van der Waals surface area contributed by atoms with Crippen molar-refractivity contribution < 1.29 is 9.72 Å². The third-order valence-electron chi connectivity index (χ3n) is 3.67. The Morgan fingerprint density at radius 2 is 2.14 bits per heavy atom. The molecule has 0 bridgehead atoms. The summed E-state index contributed by atoms with van der Waals surface area (Å²) in [6.45, 7) is 2.31. The van der Waals surface area contributed by atoms with Crippen LogP contribution < -0.4 is 4.90 Å². The van der Waals surface area contributed by atoms with Crippen molar-refractivity contribution in [2.75, 3.05) is 11.4 Å². The van der Waals surface area contributed by atoms with Gasteiger partial charge < -0.3 is 4.90 Å². The van der Waals surface area contributed by atoms with E-state index >= 15 is 0 Å². The molecule has 0 atom stereocenters. The highest BCUT2D eigenvalue weighted by atomic mass is 16.6. The van der Waals surface area contributed by atoms with E-state index < -0.39 is 4.92 Å². The van der Waals surface area contributed by atoms with Gasteiger partial charge in [-0.1, -0.05) is 6.07 Å². The first-order valence-electron chi connectivity index (χ1n) is 6.94. The molecular weight excluding hydrogens is 284 g/mol. The van der Waals surface area contributed by atoms with E-state index in [4.69, 9.17) is 0 Å². The van der Waals surface area contributed by atoms with Crippen LogP contribution in [0.3, 0.4) is 0 Å². The normalized spacial score (nSPS) is 13.6. The van der Waals surface area contributed by atoms with Crippen LogP contribution in [0.4, 0.5) is 11.4 Å². The molecule has 0 N–H and O–H groups in total. The SMILES string of the molecule is Cc1cnc(C(=O)N2CCCc3c2cccc3[N+](=O)[O-])cn1. The van der Waals surface area contributed by atoms with Gasteiger partial charge in [-0.05, 0) is 25.8 Å².